The molecule has 0 aromatic heterocycles. The van der Waals surface area contributed by atoms with Crippen molar-refractivity contribution in [3.63, 3.8) is 0 Å². The van der Waals surface area contributed by atoms with Crippen molar-refractivity contribution in [2.75, 3.05) is 0 Å². The van der Waals surface area contributed by atoms with Crippen molar-refractivity contribution < 1.29 is 51.0 Å². The number of aryl methyl sites for hydroxylation is 2. The van der Waals surface area contributed by atoms with E-state index in [2.05, 4.69) is 82.3 Å². The van der Waals surface area contributed by atoms with Gasteiger partial charge in [0.1, 0.15) is 0 Å². The summed E-state index contributed by atoms with van der Waals surface area (Å²) in [6.07, 6.45) is 7.90. The molecular formula is C23H24Cl2Zr. The van der Waals surface area contributed by atoms with E-state index in [-0.39, 0.29) is 56.4 Å². The molecule has 0 bridgehead atoms. The molecule has 26 heavy (non-hydrogen) atoms. The predicted octanol–water partition coefficient (Wildman–Crippen LogP) is 0.334. The average Bonchev–Trinajstić information content (AvgIpc) is 3.12. The van der Waals surface area contributed by atoms with Gasteiger partial charge in [-0.2, -0.15) is 0 Å². The summed E-state index contributed by atoms with van der Waals surface area (Å²) in [7, 11) is 0. The van der Waals surface area contributed by atoms with Gasteiger partial charge in [-0.25, -0.2) is 0 Å². The number of hydrogen-bond acceptors (Lipinski definition) is 0. The molecule has 0 radical (unpaired) electrons. The maximum atomic E-state index is 2.42. The Bertz CT molecular complexity index is 811. The van der Waals surface area contributed by atoms with Crippen LogP contribution in [0.25, 0.3) is 11.1 Å². The predicted molar refractivity (Wildman–Crippen MR) is 98.8 cm³/mol. The minimum atomic E-state index is 0. The maximum absolute atomic E-state index is 2.42. The number of benzene rings is 2. The van der Waals surface area contributed by atoms with Gasteiger partial charge in [-0.05, 0) is 47.9 Å². The summed E-state index contributed by atoms with van der Waals surface area (Å²) in [6.45, 7) is 9.24. The fraction of sp³-hybridized carbons (Fsp3) is 0.304. The van der Waals surface area contributed by atoms with Crippen LogP contribution in [0.2, 0.25) is 0 Å². The van der Waals surface area contributed by atoms with Crippen LogP contribution in [0.4, 0.5) is 0 Å². The quantitative estimate of drug-likeness (QED) is 0.604. The number of rotatable bonds is 2. The van der Waals surface area contributed by atoms with E-state index in [1.807, 2.05) is 0 Å². The Morgan fingerprint density at radius 1 is 0.846 bits per heavy atom. The Morgan fingerprint density at radius 2 is 1.35 bits per heavy atom. The van der Waals surface area contributed by atoms with Gasteiger partial charge in [0.05, 0.1) is 0 Å². The van der Waals surface area contributed by atoms with E-state index in [0.29, 0.717) is 5.92 Å². The van der Waals surface area contributed by atoms with Gasteiger partial charge in [-0.3, -0.25) is 0 Å². The van der Waals surface area contributed by atoms with E-state index in [9.17, 15) is 0 Å². The molecule has 4 rings (SSSR count). The van der Waals surface area contributed by atoms with E-state index < -0.39 is 0 Å². The zero-order chi connectivity index (χ0) is 16.2. The van der Waals surface area contributed by atoms with Crippen molar-refractivity contribution in [2.45, 2.75) is 40.0 Å². The van der Waals surface area contributed by atoms with E-state index in [4.69, 9.17) is 0 Å². The summed E-state index contributed by atoms with van der Waals surface area (Å²) in [5.74, 6) is 0.443. The first-order valence-corrected chi connectivity index (χ1v) is 8.56. The van der Waals surface area contributed by atoms with E-state index in [0.717, 1.165) is 6.42 Å². The summed E-state index contributed by atoms with van der Waals surface area (Å²) in [5, 5.41) is 0. The largest absolute Gasteiger partial charge is 2.00 e. The van der Waals surface area contributed by atoms with Crippen molar-refractivity contribution in [1.82, 2.24) is 0 Å². The van der Waals surface area contributed by atoms with Crippen LogP contribution >= 0.6 is 0 Å². The second-order valence-corrected chi connectivity index (χ2v) is 7.66. The smallest absolute Gasteiger partial charge is 1.00 e. The summed E-state index contributed by atoms with van der Waals surface area (Å²) in [5.41, 5.74) is 10.2. The first kappa shape index (κ1) is 23.4. The van der Waals surface area contributed by atoms with Gasteiger partial charge in [0.2, 0.25) is 0 Å². The summed E-state index contributed by atoms with van der Waals surface area (Å²) in [6, 6.07) is 13.9. The Kier molecular flexibility index (Phi) is 7.74. The van der Waals surface area contributed by atoms with Crippen molar-refractivity contribution in [2.24, 2.45) is 5.41 Å². The van der Waals surface area contributed by atoms with Gasteiger partial charge in [-0.1, -0.05) is 85.2 Å². The third-order valence-corrected chi connectivity index (χ3v) is 5.65. The van der Waals surface area contributed by atoms with E-state index in [1.165, 1.54) is 33.4 Å². The van der Waals surface area contributed by atoms with Gasteiger partial charge >= 0.3 is 26.2 Å². The molecule has 0 saturated heterocycles. The van der Waals surface area contributed by atoms with Crippen LogP contribution in [0, 0.1) is 19.3 Å². The van der Waals surface area contributed by atoms with E-state index in [1.54, 1.807) is 5.57 Å². The minimum Gasteiger partial charge on any atom is -1.00 e. The monoisotopic (exact) mass is 460 g/mol. The number of allylic oxidation sites excluding steroid dienone is 4. The molecule has 0 amide bonds. The topological polar surface area (TPSA) is 0 Å². The molecule has 0 unspecified atom stereocenters. The molecular weight excluding hydrogens is 438 g/mol. The molecule has 0 aliphatic heterocycles. The molecule has 0 atom stereocenters. The molecule has 0 N–H and O–H groups in total. The molecule has 0 saturated carbocycles. The SMILES string of the molecule is Cc1ccc2c(c1)C(C(C)(C)C1=CC=CC1)c1cc(C)ccc1-2.[Cl-].[Cl-].[Zr+2]. The zero-order valence-corrected chi connectivity index (χ0v) is 19.7. The van der Waals surface area contributed by atoms with Crippen molar-refractivity contribution >= 4 is 0 Å². The van der Waals surface area contributed by atoms with E-state index >= 15 is 0 Å². The minimum absolute atomic E-state index is 0. The summed E-state index contributed by atoms with van der Waals surface area (Å²) < 4.78 is 0. The van der Waals surface area contributed by atoms with Gasteiger partial charge in [0.15, 0.2) is 0 Å². The standard InChI is InChI=1S/C23H24.2ClH.Zr/c1-15-9-11-18-19-12-10-16(2)14-21(19)22(20(18)13-15)23(3,4)17-7-5-6-8-17;;;/h5-7,9-14,22H,8H2,1-4H3;2*1H;/q;;;+2/p-2. The van der Waals surface area contributed by atoms with Crippen LogP contribution in [0.1, 0.15) is 48.4 Å². The van der Waals surface area contributed by atoms with Crippen LogP contribution in [-0.4, -0.2) is 0 Å². The molecule has 0 nitrogen and oxygen atoms in total. The molecule has 2 aromatic carbocycles. The Hall–Kier alpha value is -0.617. The van der Waals surface area contributed by atoms with Crippen LogP contribution in [0.5, 0.6) is 0 Å². The van der Waals surface area contributed by atoms with Gasteiger partial charge in [0.25, 0.3) is 0 Å². The van der Waals surface area contributed by atoms with Crippen LogP contribution < -0.4 is 24.8 Å². The summed E-state index contributed by atoms with van der Waals surface area (Å²) in [4.78, 5) is 0. The van der Waals surface area contributed by atoms with Gasteiger partial charge in [-0.15, -0.1) is 0 Å². The number of halogens is 2. The van der Waals surface area contributed by atoms with Crippen molar-refractivity contribution in [3.05, 3.63) is 82.5 Å². The average molecular weight is 463 g/mol. The Morgan fingerprint density at radius 3 is 1.77 bits per heavy atom. The second kappa shape index (κ2) is 8.60. The molecule has 2 aromatic rings. The van der Waals surface area contributed by atoms with Crippen LogP contribution in [0.3, 0.4) is 0 Å². The second-order valence-electron chi connectivity index (χ2n) is 7.66. The molecule has 2 aliphatic rings. The zero-order valence-electron chi connectivity index (χ0n) is 15.7. The van der Waals surface area contributed by atoms with Crippen LogP contribution in [0.15, 0.2) is 60.2 Å². The Balaban J connectivity index is 0.00000113. The van der Waals surface area contributed by atoms with Crippen LogP contribution in [-0.2, 0) is 26.2 Å². The van der Waals surface area contributed by atoms with Gasteiger partial charge in [0, 0.05) is 5.92 Å². The fourth-order valence-electron chi connectivity index (χ4n) is 4.39. The third-order valence-electron chi connectivity index (χ3n) is 5.65. The Labute approximate surface area is 189 Å². The molecule has 0 fully saturated rings. The molecule has 0 spiro atoms. The first-order chi connectivity index (χ1) is 11.0. The van der Waals surface area contributed by atoms with Gasteiger partial charge < -0.3 is 24.8 Å². The summed E-state index contributed by atoms with van der Waals surface area (Å²) >= 11 is 0. The molecule has 0 heterocycles. The third kappa shape index (κ3) is 3.69. The molecule has 2 aliphatic carbocycles. The number of hydrogen-bond donors (Lipinski definition) is 0. The molecule has 3 heteroatoms. The van der Waals surface area contributed by atoms with Crippen molar-refractivity contribution in [1.29, 1.82) is 0 Å². The molecule has 134 valence electrons. The maximum Gasteiger partial charge on any atom is 2.00 e. The number of fused-ring (bicyclic) bond motifs is 3. The first-order valence-electron chi connectivity index (χ1n) is 8.56. The fourth-order valence-corrected chi connectivity index (χ4v) is 4.39. The normalized spacial score (nSPS) is 14.5. The van der Waals surface area contributed by atoms with Crippen molar-refractivity contribution in [3.8, 4) is 11.1 Å².